The van der Waals surface area contributed by atoms with Gasteiger partial charge in [0.2, 0.25) is 11.6 Å². The van der Waals surface area contributed by atoms with E-state index in [1.165, 1.54) is 11.3 Å². The van der Waals surface area contributed by atoms with Crippen LogP contribution in [-0.4, -0.2) is 23.3 Å². The van der Waals surface area contributed by atoms with Crippen LogP contribution in [0.25, 0.3) is 6.08 Å². The van der Waals surface area contributed by atoms with E-state index >= 15 is 0 Å². The second-order valence-corrected chi connectivity index (χ2v) is 5.68. The molecule has 0 aliphatic carbocycles. The van der Waals surface area contributed by atoms with Crippen LogP contribution in [0.1, 0.15) is 42.7 Å². The molecule has 0 saturated heterocycles. The number of rotatable bonds is 6. The molecule has 0 spiro atoms. The lowest BCUT2D eigenvalue weighted by molar-refractivity contribution is -0.117. The Bertz CT molecular complexity index is 458. The zero-order chi connectivity index (χ0) is 13.7. The van der Waals surface area contributed by atoms with Gasteiger partial charge in [-0.2, -0.15) is 0 Å². The molecule has 0 aliphatic heterocycles. The van der Waals surface area contributed by atoms with Crippen molar-refractivity contribution in [1.29, 1.82) is 0 Å². The van der Waals surface area contributed by atoms with Crippen molar-refractivity contribution in [3.05, 3.63) is 28.0 Å². The van der Waals surface area contributed by atoms with E-state index in [1.54, 1.807) is 19.9 Å². The van der Waals surface area contributed by atoms with Crippen LogP contribution in [0, 0.1) is 11.8 Å². The topological polar surface area (TPSA) is 54.4 Å². The van der Waals surface area contributed by atoms with Gasteiger partial charge in [0.25, 0.3) is 0 Å². The van der Waals surface area contributed by atoms with Gasteiger partial charge in [-0.25, -0.2) is 0 Å². The Morgan fingerprint density at radius 2 is 1.95 bits per heavy atom. The van der Waals surface area contributed by atoms with Crippen LogP contribution in [-0.2, 0) is 4.79 Å². The maximum Gasteiger partial charge on any atom is 0.238 e. The number of aliphatic hydroxyl groups excluding tert-OH is 1. The van der Waals surface area contributed by atoms with Gasteiger partial charge in [0.1, 0.15) is 0 Å². The van der Waals surface area contributed by atoms with E-state index in [9.17, 15) is 9.59 Å². The van der Waals surface area contributed by atoms with E-state index in [0.717, 1.165) is 4.88 Å². The Morgan fingerprint density at radius 1 is 1.32 bits per heavy atom. The van der Waals surface area contributed by atoms with Gasteiger partial charge in [-0.05, 0) is 24.1 Å². The lowest BCUT2D eigenvalue weighted by Gasteiger charge is -1.99. The van der Waals surface area contributed by atoms with E-state index in [1.807, 2.05) is 25.1 Å². The maximum absolute atomic E-state index is 11.8. The normalized spacial score (nSPS) is 12.5. The summed E-state index contributed by atoms with van der Waals surface area (Å²) in [6, 6.07) is 3.49. The molecule has 1 atom stereocenters. The summed E-state index contributed by atoms with van der Waals surface area (Å²) in [7, 11) is 0. The molecule has 0 saturated carbocycles. The number of thiophene rings is 1. The van der Waals surface area contributed by atoms with Crippen molar-refractivity contribution in [3.63, 3.8) is 0 Å². The molecular formula is C15H22O3S. The average molecular weight is 282 g/mol. The van der Waals surface area contributed by atoms with Crippen LogP contribution in [0.4, 0.5) is 0 Å². The number of Topliss-reactive ketones (excluding diaryl/α,β-unsaturated/α-hetero) is 2. The molecule has 0 amide bonds. The van der Waals surface area contributed by atoms with Gasteiger partial charge in [-0.15, -0.1) is 11.3 Å². The molecule has 1 heterocycles. The molecule has 1 aromatic rings. The van der Waals surface area contributed by atoms with Crippen molar-refractivity contribution < 1.29 is 14.7 Å². The molecule has 4 heteroatoms. The minimum atomic E-state index is -0.412. The molecule has 1 N–H and O–H groups in total. The Hall–Kier alpha value is -1.26. The van der Waals surface area contributed by atoms with Crippen molar-refractivity contribution in [2.24, 2.45) is 11.8 Å². The Morgan fingerprint density at radius 3 is 2.47 bits per heavy atom. The lowest BCUT2D eigenvalue weighted by atomic mass is 10.0. The van der Waals surface area contributed by atoms with Crippen molar-refractivity contribution in [2.75, 3.05) is 6.61 Å². The summed E-state index contributed by atoms with van der Waals surface area (Å²) in [4.78, 5) is 24.8. The predicted molar refractivity (Wildman–Crippen MR) is 80.5 cm³/mol. The largest absolute Gasteiger partial charge is 0.396 e. The molecule has 19 heavy (non-hydrogen) atoms. The third-order valence-electron chi connectivity index (χ3n) is 2.48. The van der Waals surface area contributed by atoms with Gasteiger partial charge in [0, 0.05) is 17.4 Å². The molecular weight excluding hydrogens is 260 g/mol. The molecule has 3 nitrogen and oxygen atoms in total. The lowest BCUT2D eigenvalue weighted by Crippen LogP contribution is -2.18. The molecule has 0 aromatic carbocycles. The van der Waals surface area contributed by atoms with Crippen molar-refractivity contribution in [2.45, 2.75) is 28.2 Å². The third kappa shape index (κ3) is 5.09. The Labute approximate surface area is 119 Å². The highest BCUT2D eigenvalue weighted by Gasteiger charge is 2.20. The third-order valence-corrected chi connectivity index (χ3v) is 3.53. The summed E-state index contributed by atoms with van der Waals surface area (Å²) in [5, 5.41) is 8.89. The minimum absolute atomic E-state index is 0. The molecule has 1 rings (SSSR count). The zero-order valence-electron chi connectivity index (χ0n) is 10.8. The summed E-state index contributed by atoms with van der Waals surface area (Å²) in [6.45, 7) is 5.44. The second kappa shape index (κ2) is 8.02. The first-order valence-corrected chi connectivity index (χ1v) is 6.74. The second-order valence-electron chi connectivity index (χ2n) is 4.57. The predicted octanol–water partition coefficient (Wildman–Crippen LogP) is 3.43. The van der Waals surface area contributed by atoms with Crippen LogP contribution >= 0.6 is 11.3 Å². The van der Waals surface area contributed by atoms with Crippen LogP contribution in [0.5, 0.6) is 0 Å². The molecule has 0 bridgehead atoms. The van der Waals surface area contributed by atoms with E-state index in [4.69, 9.17) is 5.11 Å². The van der Waals surface area contributed by atoms with Crippen LogP contribution in [0.15, 0.2) is 18.2 Å². The molecule has 0 aliphatic rings. The zero-order valence-corrected chi connectivity index (χ0v) is 11.7. The number of hydrogen-bond donors (Lipinski definition) is 1. The summed E-state index contributed by atoms with van der Waals surface area (Å²) < 4.78 is 0. The standard InChI is InChI=1S/C14H18O3S.CH4/c1-9(2)13(16)14(17)12-7-6-11(18-12)5-4-10(3)8-15;/h4-7,9-10,15H,8H2,1-3H3;1H4/b5-4+;. The fourth-order valence-electron chi connectivity index (χ4n) is 1.27. The quantitative estimate of drug-likeness (QED) is 0.642. The highest BCUT2D eigenvalue weighted by molar-refractivity contribution is 7.15. The van der Waals surface area contributed by atoms with Gasteiger partial charge in [0.15, 0.2) is 0 Å². The van der Waals surface area contributed by atoms with Crippen LogP contribution in [0.2, 0.25) is 0 Å². The molecule has 0 radical (unpaired) electrons. The number of ketones is 2. The number of carbonyl (C=O) groups is 2. The van der Waals surface area contributed by atoms with Crippen molar-refractivity contribution in [1.82, 2.24) is 0 Å². The van der Waals surface area contributed by atoms with Crippen LogP contribution < -0.4 is 0 Å². The van der Waals surface area contributed by atoms with E-state index in [-0.39, 0.29) is 31.7 Å². The first kappa shape index (κ1) is 17.7. The van der Waals surface area contributed by atoms with Crippen molar-refractivity contribution in [3.8, 4) is 0 Å². The maximum atomic E-state index is 11.8. The van der Waals surface area contributed by atoms with E-state index < -0.39 is 5.78 Å². The smallest absolute Gasteiger partial charge is 0.238 e. The summed E-state index contributed by atoms with van der Waals surface area (Å²) >= 11 is 1.30. The minimum Gasteiger partial charge on any atom is -0.396 e. The van der Waals surface area contributed by atoms with Gasteiger partial charge in [0.05, 0.1) is 4.88 Å². The Balaban J connectivity index is 0.00000324. The number of hydrogen-bond acceptors (Lipinski definition) is 4. The molecule has 0 fully saturated rings. The van der Waals surface area contributed by atoms with E-state index in [0.29, 0.717) is 4.88 Å². The van der Waals surface area contributed by atoms with Gasteiger partial charge >= 0.3 is 0 Å². The Kier molecular flexibility index (Phi) is 7.49. The first-order chi connectivity index (χ1) is 8.45. The molecule has 1 aromatic heterocycles. The fourth-order valence-corrected chi connectivity index (χ4v) is 2.13. The molecule has 106 valence electrons. The van der Waals surface area contributed by atoms with Gasteiger partial charge < -0.3 is 5.11 Å². The molecule has 1 unspecified atom stereocenters. The summed E-state index contributed by atoms with van der Waals surface area (Å²) in [6.07, 6.45) is 3.74. The number of carbonyl (C=O) groups excluding carboxylic acids is 2. The van der Waals surface area contributed by atoms with Crippen molar-refractivity contribution >= 4 is 29.0 Å². The monoisotopic (exact) mass is 282 g/mol. The summed E-state index contributed by atoms with van der Waals surface area (Å²) in [5.41, 5.74) is 0. The van der Waals surface area contributed by atoms with Crippen LogP contribution in [0.3, 0.4) is 0 Å². The first-order valence-electron chi connectivity index (χ1n) is 5.93. The van der Waals surface area contributed by atoms with E-state index in [2.05, 4.69) is 0 Å². The van der Waals surface area contributed by atoms with Gasteiger partial charge in [-0.1, -0.05) is 34.3 Å². The van der Waals surface area contributed by atoms with Gasteiger partial charge in [-0.3, -0.25) is 9.59 Å². The SMILES string of the molecule is C.CC(/C=C/c1ccc(C(=O)C(=O)C(C)C)s1)CO. The highest BCUT2D eigenvalue weighted by Crippen LogP contribution is 2.20. The number of aliphatic hydroxyl groups is 1. The fraction of sp³-hybridized carbons (Fsp3) is 0.467. The summed E-state index contributed by atoms with van der Waals surface area (Å²) in [5.74, 6) is -0.947. The highest BCUT2D eigenvalue weighted by atomic mass is 32.1. The average Bonchev–Trinajstić information content (AvgIpc) is 2.82.